The third-order valence-electron chi connectivity index (χ3n) is 6.46. The van der Waals surface area contributed by atoms with Crippen molar-refractivity contribution in [1.29, 1.82) is 0 Å². The number of anilines is 3. The van der Waals surface area contributed by atoms with E-state index in [0.717, 1.165) is 44.2 Å². The van der Waals surface area contributed by atoms with Gasteiger partial charge in [-0.2, -0.15) is 0 Å². The second kappa shape index (κ2) is 10.8. The zero-order valence-corrected chi connectivity index (χ0v) is 21.7. The number of nitrogens with one attached hydrogen (secondary N) is 5. The first-order chi connectivity index (χ1) is 17.8. The number of hydrogen-bond acceptors (Lipinski definition) is 7. The number of pyridine rings is 1. The van der Waals surface area contributed by atoms with Crippen molar-refractivity contribution >= 4 is 46.4 Å². The van der Waals surface area contributed by atoms with Gasteiger partial charge in [0.15, 0.2) is 11.3 Å². The zero-order chi connectivity index (χ0) is 25.9. The Morgan fingerprint density at radius 2 is 1.70 bits per heavy atom. The van der Waals surface area contributed by atoms with E-state index in [0.29, 0.717) is 34.0 Å². The number of amides is 3. The SMILES string of the molecule is CC(C)NC(=O)NC1CCC(Nc2cc(NC3CC3)c3ncc(C(=O)Nc4ccnc(Cl)c4)n3n2)CC1. The van der Waals surface area contributed by atoms with E-state index in [9.17, 15) is 9.59 Å². The molecule has 2 aliphatic rings. The lowest BCUT2D eigenvalue weighted by Gasteiger charge is -2.30. The van der Waals surface area contributed by atoms with Crippen molar-refractivity contribution in [1.82, 2.24) is 30.2 Å². The summed E-state index contributed by atoms with van der Waals surface area (Å²) in [5, 5.41) is 20.9. The van der Waals surface area contributed by atoms with Crippen molar-refractivity contribution in [2.75, 3.05) is 16.0 Å². The van der Waals surface area contributed by atoms with Gasteiger partial charge in [-0.1, -0.05) is 11.6 Å². The van der Waals surface area contributed by atoms with Gasteiger partial charge in [-0.15, -0.1) is 5.10 Å². The maximum absolute atomic E-state index is 13.1. The van der Waals surface area contributed by atoms with E-state index in [1.165, 1.54) is 12.4 Å². The van der Waals surface area contributed by atoms with Gasteiger partial charge in [-0.25, -0.2) is 19.3 Å². The summed E-state index contributed by atoms with van der Waals surface area (Å²) in [4.78, 5) is 33.6. The molecule has 2 saturated carbocycles. The van der Waals surface area contributed by atoms with Crippen LogP contribution in [0, 0.1) is 0 Å². The molecule has 37 heavy (non-hydrogen) atoms. The van der Waals surface area contributed by atoms with Crippen molar-refractivity contribution < 1.29 is 9.59 Å². The quantitative estimate of drug-likeness (QED) is 0.280. The molecule has 3 heterocycles. The number of halogens is 1. The average Bonchev–Trinajstić information content (AvgIpc) is 3.55. The Bertz CT molecular complexity index is 1280. The second-order valence-electron chi connectivity index (χ2n) is 10.0. The van der Waals surface area contributed by atoms with E-state index < -0.39 is 0 Å². The Kier molecular flexibility index (Phi) is 7.31. The Morgan fingerprint density at radius 3 is 2.41 bits per heavy atom. The fourth-order valence-corrected chi connectivity index (χ4v) is 4.68. The molecule has 0 bridgehead atoms. The van der Waals surface area contributed by atoms with Gasteiger partial charge in [0.25, 0.3) is 5.91 Å². The van der Waals surface area contributed by atoms with Gasteiger partial charge in [0.1, 0.15) is 11.0 Å². The first-order valence-corrected chi connectivity index (χ1v) is 13.1. The van der Waals surface area contributed by atoms with E-state index in [1.807, 2.05) is 19.9 Å². The lowest BCUT2D eigenvalue weighted by molar-refractivity contribution is 0.102. The van der Waals surface area contributed by atoms with E-state index in [1.54, 1.807) is 16.6 Å². The largest absolute Gasteiger partial charge is 0.379 e. The highest BCUT2D eigenvalue weighted by Gasteiger charge is 2.26. The molecule has 11 nitrogen and oxygen atoms in total. The molecule has 5 rings (SSSR count). The van der Waals surface area contributed by atoms with Crippen LogP contribution in [0.4, 0.5) is 22.0 Å². The third-order valence-corrected chi connectivity index (χ3v) is 6.66. The molecule has 0 saturated heterocycles. The van der Waals surface area contributed by atoms with Crippen LogP contribution >= 0.6 is 11.6 Å². The number of imidazole rings is 1. The number of rotatable bonds is 8. The fraction of sp³-hybridized carbons (Fsp3) is 0.480. The van der Waals surface area contributed by atoms with Gasteiger partial charge in [0.05, 0.1) is 11.9 Å². The Morgan fingerprint density at radius 1 is 1.00 bits per heavy atom. The van der Waals surface area contributed by atoms with Crippen LogP contribution in [0.15, 0.2) is 30.6 Å². The summed E-state index contributed by atoms with van der Waals surface area (Å²) in [6, 6.07) is 5.99. The lowest BCUT2D eigenvalue weighted by Crippen LogP contribution is -2.46. The van der Waals surface area contributed by atoms with Gasteiger partial charge in [-0.3, -0.25) is 4.79 Å². The van der Waals surface area contributed by atoms with Crippen molar-refractivity contribution in [3.63, 3.8) is 0 Å². The van der Waals surface area contributed by atoms with Gasteiger partial charge < -0.3 is 26.6 Å². The molecule has 12 heteroatoms. The van der Waals surface area contributed by atoms with Crippen LogP contribution in [-0.2, 0) is 0 Å². The summed E-state index contributed by atoms with van der Waals surface area (Å²) in [7, 11) is 0. The van der Waals surface area contributed by atoms with Crippen molar-refractivity contribution in [2.24, 2.45) is 0 Å². The molecular weight excluding hydrogens is 494 g/mol. The molecule has 0 aliphatic heterocycles. The topological polar surface area (TPSA) is 137 Å². The van der Waals surface area contributed by atoms with E-state index in [4.69, 9.17) is 16.7 Å². The average molecular weight is 526 g/mol. The molecule has 2 fully saturated rings. The van der Waals surface area contributed by atoms with E-state index in [-0.39, 0.29) is 30.1 Å². The molecule has 3 amide bonds. The number of fused-ring (bicyclic) bond motifs is 1. The standard InChI is InChI=1S/C25H32ClN9O2/c1-14(2)29-25(37)33-17-7-5-16(6-8-17)31-22-12-19(30-15-3-4-15)23-28-13-20(35(23)34-22)24(36)32-18-9-10-27-21(26)11-18/h9-17,30H,3-8H2,1-2H3,(H,31,34)(H,27,32,36)(H2,29,33,37). The molecule has 0 aromatic carbocycles. The highest BCUT2D eigenvalue weighted by Crippen LogP contribution is 2.30. The minimum absolute atomic E-state index is 0.107. The molecule has 5 N–H and O–H groups in total. The van der Waals surface area contributed by atoms with Gasteiger partial charge in [0, 0.05) is 42.1 Å². The zero-order valence-electron chi connectivity index (χ0n) is 20.9. The molecule has 196 valence electrons. The Labute approximate surface area is 220 Å². The van der Waals surface area contributed by atoms with Crippen LogP contribution in [0.25, 0.3) is 5.65 Å². The first-order valence-electron chi connectivity index (χ1n) is 12.8. The number of aromatic nitrogens is 4. The molecule has 0 spiro atoms. The van der Waals surface area contributed by atoms with Crippen molar-refractivity contribution in [2.45, 2.75) is 76.5 Å². The smallest absolute Gasteiger partial charge is 0.315 e. The summed E-state index contributed by atoms with van der Waals surface area (Å²) < 4.78 is 1.58. The van der Waals surface area contributed by atoms with Gasteiger partial charge >= 0.3 is 6.03 Å². The van der Waals surface area contributed by atoms with Crippen LogP contribution in [-0.4, -0.2) is 55.7 Å². The maximum atomic E-state index is 13.1. The first kappa shape index (κ1) is 25.1. The van der Waals surface area contributed by atoms with Crippen molar-refractivity contribution in [3.05, 3.63) is 41.4 Å². The number of carbonyl (C=O) groups is 2. The van der Waals surface area contributed by atoms with Crippen LogP contribution in [0.2, 0.25) is 5.15 Å². The van der Waals surface area contributed by atoms with E-state index in [2.05, 4.69) is 36.6 Å². The van der Waals surface area contributed by atoms with Crippen LogP contribution in [0.5, 0.6) is 0 Å². The molecule has 0 radical (unpaired) electrons. The van der Waals surface area contributed by atoms with Gasteiger partial charge in [-0.05, 0) is 64.5 Å². The molecule has 2 aliphatic carbocycles. The summed E-state index contributed by atoms with van der Waals surface area (Å²) in [6.07, 6.45) is 8.84. The normalized spacial score (nSPS) is 19.5. The Hall–Kier alpha value is -3.60. The van der Waals surface area contributed by atoms with Crippen LogP contribution in [0.1, 0.15) is 62.9 Å². The molecule has 3 aromatic heterocycles. The van der Waals surface area contributed by atoms with Crippen LogP contribution in [0.3, 0.4) is 0 Å². The summed E-state index contributed by atoms with van der Waals surface area (Å²) in [6.45, 7) is 3.89. The Balaban J connectivity index is 1.31. The summed E-state index contributed by atoms with van der Waals surface area (Å²) in [5.41, 5.74) is 2.29. The molecular formula is C25H32ClN9O2. The van der Waals surface area contributed by atoms with E-state index >= 15 is 0 Å². The fourth-order valence-electron chi connectivity index (χ4n) is 4.50. The number of urea groups is 1. The summed E-state index contributed by atoms with van der Waals surface area (Å²) in [5.74, 6) is 0.326. The molecule has 3 aromatic rings. The third kappa shape index (κ3) is 6.40. The monoisotopic (exact) mass is 525 g/mol. The molecule has 0 atom stereocenters. The van der Waals surface area contributed by atoms with Crippen molar-refractivity contribution in [3.8, 4) is 0 Å². The highest BCUT2D eigenvalue weighted by atomic mass is 35.5. The number of hydrogen-bond donors (Lipinski definition) is 5. The minimum Gasteiger partial charge on any atom is -0.379 e. The van der Waals surface area contributed by atoms with Gasteiger partial charge in [0.2, 0.25) is 0 Å². The minimum atomic E-state index is -0.344. The summed E-state index contributed by atoms with van der Waals surface area (Å²) >= 11 is 5.96. The number of carbonyl (C=O) groups excluding carboxylic acids is 2. The predicted molar refractivity (Wildman–Crippen MR) is 143 cm³/mol. The molecule has 0 unspecified atom stereocenters. The number of nitrogens with zero attached hydrogens (tertiary/aromatic N) is 4. The highest BCUT2D eigenvalue weighted by molar-refractivity contribution is 6.29. The lowest BCUT2D eigenvalue weighted by atomic mass is 9.91. The maximum Gasteiger partial charge on any atom is 0.315 e. The predicted octanol–water partition coefficient (Wildman–Crippen LogP) is 4.04. The second-order valence-corrected chi connectivity index (χ2v) is 10.4. The van der Waals surface area contributed by atoms with Crippen LogP contribution < -0.4 is 26.6 Å².